The van der Waals surface area contributed by atoms with E-state index in [2.05, 4.69) is 9.97 Å². The Bertz CT molecular complexity index is 634. The van der Waals surface area contributed by atoms with Crippen LogP contribution < -0.4 is 10.2 Å². The lowest BCUT2D eigenvalue weighted by molar-refractivity contribution is -0.133. The summed E-state index contributed by atoms with van der Waals surface area (Å²) in [5.74, 6) is 0.0929. The van der Waals surface area contributed by atoms with Gasteiger partial charge in [-0.2, -0.15) is 0 Å². The maximum absolute atomic E-state index is 11.7. The zero-order valence-electron chi connectivity index (χ0n) is 16.3. The van der Waals surface area contributed by atoms with Crippen LogP contribution >= 0.6 is 0 Å². The Balaban J connectivity index is 1.59. The van der Waals surface area contributed by atoms with E-state index in [9.17, 15) is 4.79 Å². The van der Waals surface area contributed by atoms with Crippen molar-refractivity contribution in [1.82, 2.24) is 14.9 Å². The number of amides is 1. The quantitative estimate of drug-likeness (QED) is 0.758. The summed E-state index contributed by atoms with van der Waals surface area (Å²) in [6.45, 7) is 10.9. The van der Waals surface area contributed by atoms with Gasteiger partial charge in [-0.05, 0) is 47.0 Å². The van der Waals surface area contributed by atoms with Crippen LogP contribution in [0, 0.1) is 0 Å². The van der Waals surface area contributed by atoms with Crippen LogP contribution in [-0.4, -0.2) is 58.3 Å². The average molecular weight is 361 g/mol. The first-order chi connectivity index (χ1) is 12.2. The van der Waals surface area contributed by atoms with Crippen molar-refractivity contribution in [2.24, 2.45) is 0 Å². The molecule has 0 unspecified atom stereocenters. The summed E-state index contributed by atoms with van der Waals surface area (Å²) in [7, 11) is -0.486. The van der Waals surface area contributed by atoms with E-state index < -0.39 is 18.3 Å². The van der Waals surface area contributed by atoms with Crippen LogP contribution in [0.5, 0.6) is 6.01 Å². The number of nitrogens with zero attached hydrogens (tertiary/aromatic N) is 3. The summed E-state index contributed by atoms with van der Waals surface area (Å²) in [4.78, 5) is 22.2. The van der Waals surface area contributed by atoms with Gasteiger partial charge in [0.25, 0.3) is 0 Å². The molecule has 2 saturated heterocycles. The van der Waals surface area contributed by atoms with Gasteiger partial charge in [-0.1, -0.05) is 0 Å². The molecule has 7 nitrogen and oxygen atoms in total. The van der Waals surface area contributed by atoms with Gasteiger partial charge < -0.3 is 18.9 Å². The lowest BCUT2D eigenvalue weighted by atomic mass is 9.81. The third kappa shape index (κ3) is 3.86. The minimum Gasteiger partial charge on any atom is -0.461 e. The number of carbonyl (C=O) groups is 1. The fraction of sp³-hybridized carbons (Fsp3) is 0.722. The zero-order chi connectivity index (χ0) is 18.9. The number of hydrogen-bond acceptors (Lipinski definition) is 6. The second kappa shape index (κ2) is 7.16. The molecule has 3 heterocycles. The Morgan fingerprint density at radius 2 is 1.85 bits per heavy atom. The molecule has 0 radical (unpaired) electrons. The van der Waals surface area contributed by atoms with E-state index >= 15 is 0 Å². The Hall–Kier alpha value is -1.67. The van der Waals surface area contributed by atoms with Gasteiger partial charge in [0, 0.05) is 31.3 Å². The molecular weight excluding hydrogens is 333 g/mol. The molecule has 0 spiro atoms. The predicted molar refractivity (Wildman–Crippen MR) is 98.3 cm³/mol. The van der Waals surface area contributed by atoms with Gasteiger partial charge in [-0.15, -0.1) is 0 Å². The molecule has 0 aliphatic carbocycles. The first-order valence-electron chi connectivity index (χ1n) is 9.27. The fourth-order valence-corrected chi connectivity index (χ4v) is 3.26. The minimum absolute atomic E-state index is 0.0904. The van der Waals surface area contributed by atoms with E-state index in [0.717, 1.165) is 31.3 Å². The standard InChI is InChI=1S/C18H28BN3O4/c1-13(23)22-9-7-6-8-15(22)12-24-16-20-10-14(11-21-16)19-25-17(2,3)18(4,5)26-19/h10-11,15H,6-9,12H2,1-5H3/t15-/m1/s1. The Kier molecular flexibility index (Phi) is 5.26. The van der Waals surface area contributed by atoms with Gasteiger partial charge in [0.1, 0.15) is 6.61 Å². The van der Waals surface area contributed by atoms with Gasteiger partial charge in [-0.25, -0.2) is 9.97 Å². The Labute approximate surface area is 155 Å². The van der Waals surface area contributed by atoms with Crippen molar-refractivity contribution in [2.75, 3.05) is 13.2 Å². The lowest BCUT2D eigenvalue weighted by Gasteiger charge is -2.34. The van der Waals surface area contributed by atoms with E-state index in [4.69, 9.17) is 14.0 Å². The highest BCUT2D eigenvalue weighted by Crippen LogP contribution is 2.36. The second-order valence-electron chi connectivity index (χ2n) is 8.06. The fourth-order valence-electron chi connectivity index (χ4n) is 3.26. The van der Waals surface area contributed by atoms with Crippen molar-refractivity contribution in [3.05, 3.63) is 12.4 Å². The largest absolute Gasteiger partial charge is 0.498 e. The number of rotatable bonds is 4. The molecule has 0 bridgehead atoms. The molecule has 8 heteroatoms. The average Bonchev–Trinajstić information content (AvgIpc) is 2.81. The highest BCUT2D eigenvalue weighted by molar-refractivity contribution is 6.61. The van der Waals surface area contributed by atoms with Crippen molar-refractivity contribution >= 4 is 18.5 Å². The molecule has 1 atom stereocenters. The van der Waals surface area contributed by atoms with E-state index in [1.54, 1.807) is 19.3 Å². The normalized spacial score (nSPS) is 24.6. The molecule has 1 aromatic rings. The van der Waals surface area contributed by atoms with Gasteiger partial charge >= 0.3 is 13.1 Å². The van der Waals surface area contributed by atoms with E-state index in [1.807, 2.05) is 32.6 Å². The SMILES string of the molecule is CC(=O)N1CCCC[C@@H]1COc1ncc(B2OC(C)(C)C(C)(C)O2)cn1. The van der Waals surface area contributed by atoms with Crippen molar-refractivity contribution in [3.8, 4) is 6.01 Å². The smallest absolute Gasteiger partial charge is 0.461 e. The molecule has 142 valence electrons. The topological polar surface area (TPSA) is 73.8 Å². The van der Waals surface area contributed by atoms with Crippen LogP contribution in [0.3, 0.4) is 0 Å². The summed E-state index contributed by atoms with van der Waals surface area (Å²) in [5, 5.41) is 0. The van der Waals surface area contributed by atoms with Crippen LogP contribution in [0.1, 0.15) is 53.9 Å². The Morgan fingerprint density at radius 3 is 2.42 bits per heavy atom. The molecule has 1 aromatic heterocycles. The third-order valence-corrected chi connectivity index (χ3v) is 5.61. The van der Waals surface area contributed by atoms with E-state index in [1.165, 1.54) is 0 Å². The zero-order valence-corrected chi connectivity index (χ0v) is 16.3. The molecule has 2 aliphatic rings. The van der Waals surface area contributed by atoms with E-state index in [-0.39, 0.29) is 11.9 Å². The summed E-state index contributed by atoms with van der Waals surface area (Å²) in [5.41, 5.74) is -0.0347. The van der Waals surface area contributed by atoms with Crippen LogP contribution in [0.2, 0.25) is 0 Å². The highest BCUT2D eigenvalue weighted by atomic mass is 16.7. The van der Waals surface area contributed by atoms with E-state index in [0.29, 0.717) is 12.6 Å². The lowest BCUT2D eigenvalue weighted by Crippen LogP contribution is -2.45. The van der Waals surface area contributed by atoms with Crippen molar-refractivity contribution in [3.63, 3.8) is 0 Å². The molecule has 0 aromatic carbocycles. The predicted octanol–water partition coefficient (Wildman–Crippen LogP) is 1.56. The molecule has 1 amide bonds. The minimum atomic E-state index is -0.486. The summed E-state index contributed by atoms with van der Waals surface area (Å²) < 4.78 is 17.7. The summed E-state index contributed by atoms with van der Waals surface area (Å²) >= 11 is 0. The monoisotopic (exact) mass is 361 g/mol. The van der Waals surface area contributed by atoms with Crippen molar-refractivity contribution in [1.29, 1.82) is 0 Å². The van der Waals surface area contributed by atoms with Crippen LogP contribution in [-0.2, 0) is 14.1 Å². The van der Waals surface area contributed by atoms with Gasteiger partial charge in [0.05, 0.1) is 17.2 Å². The maximum atomic E-state index is 11.7. The first-order valence-corrected chi connectivity index (χ1v) is 9.27. The molecule has 2 aliphatic heterocycles. The maximum Gasteiger partial charge on any atom is 0.498 e. The summed E-state index contributed by atoms with van der Waals surface area (Å²) in [6.07, 6.45) is 6.46. The van der Waals surface area contributed by atoms with Crippen molar-refractivity contribution in [2.45, 2.75) is 71.1 Å². The highest BCUT2D eigenvalue weighted by Gasteiger charge is 2.52. The number of likely N-dealkylation sites (tertiary alicyclic amines) is 1. The van der Waals surface area contributed by atoms with Gasteiger partial charge in [0.2, 0.25) is 5.91 Å². The molecule has 0 saturated carbocycles. The number of carbonyl (C=O) groups excluding carboxylic acids is 1. The second-order valence-corrected chi connectivity index (χ2v) is 8.06. The van der Waals surface area contributed by atoms with Crippen molar-refractivity contribution < 1.29 is 18.8 Å². The van der Waals surface area contributed by atoms with Gasteiger partial charge in [0.15, 0.2) is 0 Å². The summed E-state index contributed by atoms with van der Waals surface area (Å²) in [6, 6.07) is 0.395. The van der Waals surface area contributed by atoms with Crippen LogP contribution in [0.15, 0.2) is 12.4 Å². The molecular formula is C18H28BN3O4. The van der Waals surface area contributed by atoms with Gasteiger partial charge in [-0.3, -0.25) is 4.79 Å². The number of ether oxygens (including phenoxy) is 1. The Morgan fingerprint density at radius 1 is 1.23 bits per heavy atom. The number of piperidine rings is 1. The van der Waals surface area contributed by atoms with Crippen LogP contribution in [0.25, 0.3) is 0 Å². The number of hydrogen-bond donors (Lipinski definition) is 0. The third-order valence-electron chi connectivity index (χ3n) is 5.61. The molecule has 0 N–H and O–H groups in total. The first kappa shape index (κ1) is 19.1. The number of aromatic nitrogens is 2. The molecule has 2 fully saturated rings. The molecule has 26 heavy (non-hydrogen) atoms. The van der Waals surface area contributed by atoms with Crippen LogP contribution in [0.4, 0.5) is 0 Å². The molecule has 3 rings (SSSR count).